The fourth-order valence-corrected chi connectivity index (χ4v) is 4.06. The van der Waals surface area contributed by atoms with Crippen molar-refractivity contribution >= 4 is 37.8 Å². The second kappa shape index (κ2) is 7.25. The van der Waals surface area contributed by atoms with Crippen molar-refractivity contribution in [1.82, 2.24) is 5.32 Å². The van der Waals surface area contributed by atoms with Crippen LogP contribution in [-0.2, 0) is 4.74 Å². The van der Waals surface area contributed by atoms with Crippen molar-refractivity contribution in [1.29, 1.82) is 0 Å². The number of hydrogen-bond donors (Lipinski definition) is 1. The lowest BCUT2D eigenvalue weighted by atomic mass is 9.86. The van der Waals surface area contributed by atoms with Crippen molar-refractivity contribution in [3.63, 3.8) is 0 Å². The molecule has 2 rings (SSSR count). The Morgan fingerprint density at radius 3 is 2.71 bits per heavy atom. The summed E-state index contributed by atoms with van der Waals surface area (Å²) in [6, 6.07) is 5.78. The molecule has 116 valence electrons. The highest BCUT2D eigenvalue weighted by Crippen LogP contribution is 2.31. The summed E-state index contributed by atoms with van der Waals surface area (Å²) in [5.74, 6) is -0.0256. The number of hydrogen-bond acceptors (Lipinski definition) is 2. The van der Waals surface area contributed by atoms with Crippen molar-refractivity contribution in [2.75, 3.05) is 6.61 Å². The zero-order valence-corrected chi connectivity index (χ0v) is 15.6. The van der Waals surface area contributed by atoms with Crippen molar-refractivity contribution in [3.05, 3.63) is 32.7 Å². The number of ether oxygens (including phenoxy) is 1. The van der Waals surface area contributed by atoms with Crippen LogP contribution in [0.15, 0.2) is 27.1 Å². The third kappa shape index (κ3) is 4.08. The Kier molecular flexibility index (Phi) is 5.86. The minimum atomic E-state index is -0.0762. The van der Waals surface area contributed by atoms with E-state index in [-0.39, 0.29) is 17.6 Å². The molecule has 1 aromatic carbocycles. The van der Waals surface area contributed by atoms with E-state index in [1.165, 1.54) is 0 Å². The maximum atomic E-state index is 12.4. The Morgan fingerprint density at radius 1 is 1.38 bits per heavy atom. The van der Waals surface area contributed by atoms with Gasteiger partial charge in [0.2, 0.25) is 0 Å². The quantitative estimate of drug-likeness (QED) is 0.770. The van der Waals surface area contributed by atoms with E-state index in [1.807, 2.05) is 18.2 Å². The van der Waals surface area contributed by atoms with Gasteiger partial charge in [-0.1, -0.05) is 29.8 Å². The average molecular weight is 419 g/mol. The first-order valence-electron chi connectivity index (χ1n) is 7.39. The van der Waals surface area contributed by atoms with Crippen LogP contribution in [0, 0.1) is 0 Å². The molecule has 1 saturated heterocycles. The SMILES string of the molecule is CCC1(CC)CC(NC(=O)c2ccc(Br)cc2Br)CCO1. The molecular formula is C16H21Br2NO2. The largest absolute Gasteiger partial charge is 0.375 e. The van der Waals surface area contributed by atoms with E-state index in [0.717, 1.165) is 34.6 Å². The molecule has 1 unspecified atom stereocenters. The Balaban J connectivity index is 2.05. The van der Waals surface area contributed by atoms with E-state index >= 15 is 0 Å². The monoisotopic (exact) mass is 417 g/mol. The minimum absolute atomic E-state index is 0.0256. The van der Waals surface area contributed by atoms with Gasteiger partial charge in [0.25, 0.3) is 5.91 Å². The molecule has 0 bridgehead atoms. The van der Waals surface area contributed by atoms with Gasteiger partial charge in [-0.25, -0.2) is 0 Å². The summed E-state index contributed by atoms with van der Waals surface area (Å²) in [6.07, 6.45) is 3.73. The molecular weight excluding hydrogens is 398 g/mol. The molecule has 1 aromatic rings. The topological polar surface area (TPSA) is 38.3 Å². The zero-order valence-electron chi connectivity index (χ0n) is 12.4. The van der Waals surface area contributed by atoms with Gasteiger partial charge in [0.05, 0.1) is 11.2 Å². The number of carbonyl (C=O) groups is 1. The fraction of sp³-hybridized carbons (Fsp3) is 0.562. The van der Waals surface area contributed by atoms with Crippen LogP contribution in [-0.4, -0.2) is 24.2 Å². The van der Waals surface area contributed by atoms with E-state index in [0.29, 0.717) is 12.2 Å². The summed E-state index contributed by atoms with van der Waals surface area (Å²) in [6.45, 7) is 5.02. The van der Waals surface area contributed by atoms with E-state index in [4.69, 9.17) is 4.74 Å². The number of carbonyl (C=O) groups excluding carboxylic acids is 1. The molecule has 1 aliphatic heterocycles. The van der Waals surface area contributed by atoms with E-state index in [1.54, 1.807) is 0 Å². The first kappa shape index (κ1) is 17.0. The summed E-state index contributed by atoms with van der Waals surface area (Å²) in [5.41, 5.74) is 0.593. The van der Waals surface area contributed by atoms with E-state index in [2.05, 4.69) is 51.0 Å². The van der Waals surface area contributed by atoms with Crippen molar-refractivity contribution in [2.45, 2.75) is 51.2 Å². The van der Waals surface area contributed by atoms with Crippen LogP contribution in [0.3, 0.4) is 0 Å². The van der Waals surface area contributed by atoms with Gasteiger partial charge in [-0.15, -0.1) is 0 Å². The molecule has 3 nitrogen and oxygen atoms in total. The van der Waals surface area contributed by atoms with E-state index < -0.39 is 0 Å². The summed E-state index contributed by atoms with van der Waals surface area (Å²) in [7, 11) is 0. The lowest BCUT2D eigenvalue weighted by molar-refractivity contribution is -0.0917. The third-order valence-corrected chi connectivity index (χ3v) is 5.44. The minimum Gasteiger partial charge on any atom is -0.375 e. The van der Waals surface area contributed by atoms with Crippen molar-refractivity contribution in [3.8, 4) is 0 Å². The number of halogens is 2. The predicted octanol–water partition coefficient (Wildman–Crippen LogP) is 4.68. The Labute approximate surface area is 143 Å². The molecule has 1 atom stereocenters. The number of nitrogens with one attached hydrogen (secondary N) is 1. The third-order valence-electron chi connectivity index (χ3n) is 4.29. The van der Waals surface area contributed by atoms with Crippen LogP contribution in [0.5, 0.6) is 0 Å². The molecule has 0 aliphatic carbocycles. The van der Waals surface area contributed by atoms with Crippen LogP contribution >= 0.6 is 31.9 Å². The van der Waals surface area contributed by atoms with Crippen LogP contribution in [0.1, 0.15) is 49.9 Å². The van der Waals surface area contributed by atoms with Crippen LogP contribution in [0.4, 0.5) is 0 Å². The van der Waals surface area contributed by atoms with Gasteiger partial charge >= 0.3 is 0 Å². The average Bonchev–Trinajstić information content (AvgIpc) is 2.47. The lowest BCUT2D eigenvalue weighted by Gasteiger charge is -2.40. The summed E-state index contributed by atoms with van der Waals surface area (Å²) >= 11 is 6.85. The van der Waals surface area contributed by atoms with Crippen LogP contribution < -0.4 is 5.32 Å². The van der Waals surface area contributed by atoms with E-state index in [9.17, 15) is 4.79 Å². The molecule has 1 amide bonds. The number of rotatable bonds is 4. The molecule has 0 radical (unpaired) electrons. The maximum Gasteiger partial charge on any atom is 0.252 e. The lowest BCUT2D eigenvalue weighted by Crippen LogP contribution is -2.48. The van der Waals surface area contributed by atoms with Crippen molar-refractivity contribution in [2.24, 2.45) is 0 Å². The Morgan fingerprint density at radius 2 is 2.10 bits per heavy atom. The number of benzene rings is 1. The molecule has 1 heterocycles. The number of amides is 1. The Bertz CT molecular complexity index is 515. The first-order valence-corrected chi connectivity index (χ1v) is 8.98. The zero-order chi connectivity index (χ0) is 15.5. The molecule has 0 saturated carbocycles. The molecule has 1 N–H and O–H groups in total. The van der Waals surface area contributed by atoms with Gasteiger partial charge in [-0.3, -0.25) is 4.79 Å². The summed E-state index contributed by atoms with van der Waals surface area (Å²) in [4.78, 5) is 12.4. The molecule has 0 spiro atoms. The van der Waals surface area contributed by atoms with Crippen molar-refractivity contribution < 1.29 is 9.53 Å². The highest BCUT2D eigenvalue weighted by molar-refractivity contribution is 9.11. The van der Waals surface area contributed by atoms with Gasteiger partial charge in [0.15, 0.2) is 0 Å². The Hall–Kier alpha value is -0.390. The summed E-state index contributed by atoms with van der Waals surface area (Å²) < 4.78 is 7.71. The molecule has 1 aliphatic rings. The molecule has 21 heavy (non-hydrogen) atoms. The van der Waals surface area contributed by atoms with Gasteiger partial charge in [0.1, 0.15) is 0 Å². The summed E-state index contributed by atoms with van der Waals surface area (Å²) in [5, 5.41) is 3.15. The van der Waals surface area contributed by atoms with Gasteiger partial charge in [-0.05, 0) is 59.8 Å². The highest BCUT2D eigenvalue weighted by atomic mass is 79.9. The van der Waals surface area contributed by atoms with Gasteiger partial charge in [0, 0.05) is 21.6 Å². The molecule has 5 heteroatoms. The second-order valence-electron chi connectivity index (χ2n) is 5.53. The fourth-order valence-electron chi connectivity index (χ4n) is 2.83. The van der Waals surface area contributed by atoms with Gasteiger partial charge < -0.3 is 10.1 Å². The standard InChI is InChI=1S/C16H21Br2NO2/c1-3-16(4-2)10-12(7-8-21-16)19-15(20)13-6-5-11(17)9-14(13)18/h5-6,9,12H,3-4,7-8,10H2,1-2H3,(H,19,20). The molecule has 0 aromatic heterocycles. The van der Waals surface area contributed by atoms with Gasteiger partial charge in [-0.2, -0.15) is 0 Å². The first-order chi connectivity index (χ1) is 9.99. The predicted molar refractivity (Wildman–Crippen MR) is 91.6 cm³/mol. The molecule has 1 fully saturated rings. The smallest absolute Gasteiger partial charge is 0.252 e. The van der Waals surface area contributed by atoms with Crippen LogP contribution in [0.25, 0.3) is 0 Å². The normalized spacial score (nSPS) is 21.0. The maximum absolute atomic E-state index is 12.4. The highest BCUT2D eigenvalue weighted by Gasteiger charge is 2.35. The van der Waals surface area contributed by atoms with Crippen LogP contribution in [0.2, 0.25) is 0 Å². The second-order valence-corrected chi connectivity index (χ2v) is 7.30.